The lowest BCUT2D eigenvalue weighted by Gasteiger charge is -2.04. The molecule has 0 saturated heterocycles. The maximum Gasteiger partial charge on any atom is 0.152 e. The Hall–Kier alpha value is -0.850. The van der Waals surface area contributed by atoms with E-state index in [0.29, 0.717) is 5.92 Å². The van der Waals surface area contributed by atoms with Crippen LogP contribution in [0.4, 0.5) is 0 Å². The number of rotatable bonds is 4. The fourth-order valence-electron chi connectivity index (χ4n) is 0.612. The zero-order chi connectivity index (χ0) is 8.85. The second-order valence-corrected chi connectivity index (χ2v) is 3.03. The molecule has 0 fully saturated rings. The van der Waals surface area contributed by atoms with Crippen LogP contribution in [-0.2, 0) is 4.79 Å². The lowest BCUT2D eigenvalue weighted by atomic mass is 10.0. The van der Waals surface area contributed by atoms with Crippen molar-refractivity contribution in [2.45, 2.75) is 27.2 Å². The van der Waals surface area contributed by atoms with Crippen LogP contribution in [-0.4, -0.2) is 5.78 Å². The predicted octanol–water partition coefficient (Wildman–Crippen LogP) is 2.73. The summed E-state index contributed by atoms with van der Waals surface area (Å²) in [7, 11) is 0. The van der Waals surface area contributed by atoms with E-state index < -0.39 is 0 Å². The second kappa shape index (κ2) is 4.89. The fraction of sp³-hybridized carbons (Fsp3) is 0.500. The number of carbonyl (C=O) groups is 1. The highest BCUT2D eigenvalue weighted by molar-refractivity contribution is 5.87. The molecule has 0 aromatic rings. The monoisotopic (exact) mass is 152 g/mol. The summed E-state index contributed by atoms with van der Waals surface area (Å²) in [5.74, 6) is 0.605. The van der Waals surface area contributed by atoms with E-state index in [1.54, 1.807) is 13.0 Å². The van der Waals surface area contributed by atoms with Crippen molar-refractivity contribution in [3.8, 4) is 0 Å². The number of ketones is 1. The summed E-state index contributed by atoms with van der Waals surface area (Å²) in [6.45, 7) is 9.64. The van der Waals surface area contributed by atoms with Crippen LogP contribution in [0.3, 0.4) is 0 Å². The molecule has 0 N–H and O–H groups in total. The van der Waals surface area contributed by atoms with Gasteiger partial charge in [0.15, 0.2) is 5.78 Å². The number of hydrogen-bond acceptors (Lipinski definition) is 1. The van der Waals surface area contributed by atoms with Gasteiger partial charge in [0.1, 0.15) is 0 Å². The van der Waals surface area contributed by atoms with Crippen molar-refractivity contribution in [2.24, 2.45) is 5.92 Å². The molecular formula is C10H16O. The van der Waals surface area contributed by atoms with Gasteiger partial charge in [0.25, 0.3) is 0 Å². The predicted molar refractivity (Wildman–Crippen MR) is 48.4 cm³/mol. The Morgan fingerprint density at radius 2 is 2.09 bits per heavy atom. The highest BCUT2D eigenvalue weighted by Crippen LogP contribution is 2.10. The maximum atomic E-state index is 10.5. The molecule has 0 spiro atoms. The van der Waals surface area contributed by atoms with Crippen molar-refractivity contribution in [1.82, 2.24) is 0 Å². The molecule has 0 radical (unpaired) electrons. The summed E-state index contributed by atoms with van der Waals surface area (Å²) < 4.78 is 0. The lowest BCUT2D eigenvalue weighted by molar-refractivity contribution is -0.112. The van der Waals surface area contributed by atoms with Crippen LogP contribution in [0.5, 0.6) is 0 Å². The molecular weight excluding hydrogens is 136 g/mol. The molecule has 0 atom stereocenters. The third-order valence-electron chi connectivity index (χ3n) is 1.55. The molecule has 1 heteroatoms. The minimum absolute atomic E-state index is 0.0987. The van der Waals surface area contributed by atoms with Crippen LogP contribution in [0.2, 0.25) is 0 Å². The van der Waals surface area contributed by atoms with E-state index in [1.165, 1.54) is 5.57 Å². The van der Waals surface area contributed by atoms with Gasteiger partial charge in [0.2, 0.25) is 0 Å². The third-order valence-corrected chi connectivity index (χ3v) is 1.55. The van der Waals surface area contributed by atoms with Crippen molar-refractivity contribution < 1.29 is 4.79 Å². The largest absolute Gasteiger partial charge is 0.295 e. The van der Waals surface area contributed by atoms with Crippen molar-refractivity contribution in [1.29, 1.82) is 0 Å². The molecule has 0 aromatic heterocycles. The molecule has 0 rings (SSSR count). The zero-order valence-corrected chi connectivity index (χ0v) is 7.55. The van der Waals surface area contributed by atoms with Gasteiger partial charge in [0, 0.05) is 0 Å². The van der Waals surface area contributed by atoms with Crippen molar-refractivity contribution in [3.63, 3.8) is 0 Å². The molecule has 1 nitrogen and oxygen atoms in total. The molecule has 62 valence electrons. The van der Waals surface area contributed by atoms with Gasteiger partial charge in [-0.15, -0.1) is 0 Å². The first-order chi connectivity index (χ1) is 5.04. The van der Waals surface area contributed by atoms with Crippen LogP contribution in [0, 0.1) is 5.92 Å². The number of carbonyl (C=O) groups excluding carboxylic acids is 1. The molecule has 0 aliphatic rings. The van der Waals surface area contributed by atoms with Gasteiger partial charge in [-0.2, -0.15) is 0 Å². The SMILES string of the molecule is C=C(CC=CC(C)=O)C(C)C. The molecule has 0 aliphatic heterocycles. The average molecular weight is 152 g/mol. The Morgan fingerprint density at radius 3 is 2.45 bits per heavy atom. The smallest absolute Gasteiger partial charge is 0.152 e. The summed E-state index contributed by atoms with van der Waals surface area (Å²) in [6.07, 6.45) is 4.27. The summed E-state index contributed by atoms with van der Waals surface area (Å²) in [5.41, 5.74) is 1.17. The average Bonchev–Trinajstić information content (AvgIpc) is 1.86. The third kappa shape index (κ3) is 5.59. The molecule has 0 saturated carbocycles. The standard InChI is InChI=1S/C10H16O/c1-8(2)9(3)6-5-7-10(4)11/h5,7-8H,3,6H2,1-2,4H3. The fourth-order valence-corrected chi connectivity index (χ4v) is 0.612. The van der Waals surface area contributed by atoms with E-state index in [-0.39, 0.29) is 5.78 Å². The van der Waals surface area contributed by atoms with Gasteiger partial charge >= 0.3 is 0 Å². The highest BCUT2D eigenvalue weighted by atomic mass is 16.1. The maximum absolute atomic E-state index is 10.5. The van der Waals surface area contributed by atoms with E-state index in [4.69, 9.17) is 0 Å². The summed E-state index contributed by atoms with van der Waals surface area (Å²) in [5, 5.41) is 0. The van der Waals surface area contributed by atoms with E-state index >= 15 is 0 Å². The first-order valence-electron chi connectivity index (χ1n) is 3.88. The normalized spacial score (nSPS) is 10.9. The molecule has 0 bridgehead atoms. The molecule has 0 aliphatic carbocycles. The van der Waals surface area contributed by atoms with E-state index in [9.17, 15) is 4.79 Å². The molecule has 0 heterocycles. The van der Waals surface area contributed by atoms with Crippen molar-refractivity contribution in [3.05, 3.63) is 24.3 Å². The zero-order valence-electron chi connectivity index (χ0n) is 7.55. The minimum Gasteiger partial charge on any atom is -0.295 e. The van der Waals surface area contributed by atoms with Gasteiger partial charge in [-0.1, -0.05) is 32.1 Å². The van der Waals surface area contributed by atoms with Crippen LogP contribution < -0.4 is 0 Å². The Bertz CT molecular complexity index is 175. The van der Waals surface area contributed by atoms with Gasteiger partial charge in [-0.05, 0) is 25.3 Å². The first-order valence-corrected chi connectivity index (χ1v) is 3.88. The Labute approximate surface area is 68.8 Å². The van der Waals surface area contributed by atoms with Crippen molar-refractivity contribution in [2.75, 3.05) is 0 Å². The summed E-state index contributed by atoms with van der Waals surface area (Å²) in [4.78, 5) is 10.5. The number of allylic oxidation sites excluding steroid dienone is 3. The number of hydrogen-bond donors (Lipinski definition) is 0. The summed E-state index contributed by atoms with van der Waals surface area (Å²) >= 11 is 0. The first kappa shape index (κ1) is 10.2. The topological polar surface area (TPSA) is 17.1 Å². The minimum atomic E-state index is 0.0987. The van der Waals surface area contributed by atoms with Gasteiger partial charge in [-0.3, -0.25) is 4.79 Å². The molecule has 0 aromatic carbocycles. The molecule has 0 amide bonds. The van der Waals surface area contributed by atoms with Gasteiger partial charge < -0.3 is 0 Å². The van der Waals surface area contributed by atoms with Crippen LogP contribution in [0.1, 0.15) is 27.2 Å². The lowest BCUT2D eigenvalue weighted by Crippen LogP contribution is -1.90. The highest BCUT2D eigenvalue weighted by Gasteiger charge is 1.96. The van der Waals surface area contributed by atoms with Crippen molar-refractivity contribution >= 4 is 5.78 Å². The summed E-state index contributed by atoms with van der Waals surface area (Å²) in [6, 6.07) is 0. The molecule has 11 heavy (non-hydrogen) atoms. The van der Waals surface area contributed by atoms with E-state index in [1.807, 2.05) is 6.08 Å². The second-order valence-electron chi connectivity index (χ2n) is 3.03. The quantitative estimate of drug-likeness (QED) is 0.447. The Kier molecular flexibility index (Phi) is 4.51. The Balaban J connectivity index is 3.71. The van der Waals surface area contributed by atoms with Crippen LogP contribution in [0.25, 0.3) is 0 Å². The van der Waals surface area contributed by atoms with Gasteiger partial charge in [0.05, 0.1) is 0 Å². The van der Waals surface area contributed by atoms with E-state index in [2.05, 4.69) is 20.4 Å². The Morgan fingerprint density at radius 1 is 1.55 bits per heavy atom. The van der Waals surface area contributed by atoms with Crippen LogP contribution >= 0.6 is 0 Å². The van der Waals surface area contributed by atoms with E-state index in [0.717, 1.165) is 6.42 Å². The van der Waals surface area contributed by atoms with Gasteiger partial charge in [-0.25, -0.2) is 0 Å². The molecule has 0 unspecified atom stereocenters. The van der Waals surface area contributed by atoms with Crippen LogP contribution in [0.15, 0.2) is 24.3 Å².